The zero-order valence-electron chi connectivity index (χ0n) is 8.92. The molecule has 0 aliphatic heterocycles. The minimum absolute atomic E-state index is 0.220. The lowest BCUT2D eigenvalue weighted by Crippen LogP contribution is -1.90. The number of fused-ring (bicyclic) bond motifs is 1. The minimum Gasteiger partial charge on any atom is -0.277 e. The van der Waals surface area contributed by atoms with Gasteiger partial charge in [0.2, 0.25) is 5.16 Å². The summed E-state index contributed by atoms with van der Waals surface area (Å²) in [5, 5.41) is 9.01. The van der Waals surface area contributed by atoms with Crippen LogP contribution in [0.4, 0.5) is 4.39 Å². The Kier molecular flexibility index (Phi) is 2.89. The van der Waals surface area contributed by atoms with Gasteiger partial charge in [-0.25, -0.2) is 9.37 Å². The monoisotopic (exact) mass is 280 g/mol. The molecule has 3 aromatic rings. The van der Waals surface area contributed by atoms with Crippen LogP contribution in [0.2, 0.25) is 5.02 Å². The second kappa shape index (κ2) is 4.55. The normalized spacial score (nSPS) is 11.0. The highest BCUT2D eigenvalue weighted by Gasteiger charge is 2.11. The Morgan fingerprint density at radius 1 is 1.28 bits per heavy atom. The van der Waals surface area contributed by atoms with Gasteiger partial charge < -0.3 is 0 Å². The van der Waals surface area contributed by atoms with Crippen molar-refractivity contribution in [2.45, 2.75) is 10.2 Å². The molecule has 3 heterocycles. The lowest BCUT2D eigenvalue weighted by atomic mass is 10.5. The van der Waals surface area contributed by atoms with Crippen LogP contribution in [0.25, 0.3) is 5.65 Å². The molecule has 3 rings (SSSR count). The van der Waals surface area contributed by atoms with Crippen molar-refractivity contribution in [3.05, 3.63) is 47.5 Å². The van der Waals surface area contributed by atoms with Crippen LogP contribution >= 0.6 is 23.4 Å². The van der Waals surface area contributed by atoms with E-state index in [0.29, 0.717) is 10.8 Å². The summed E-state index contributed by atoms with van der Waals surface area (Å²) in [6.07, 6.45) is 3.21. The molecule has 0 aliphatic carbocycles. The van der Waals surface area contributed by atoms with E-state index in [1.54, 1.807) is 4.40 Å². The summed E-state index contributed by atoms with van der Waals surface area (Å²) in [7, 11) is 0. The van der Waals surface area contributed by atoms with Crippen molar-refractivity contribution in [3.8, 4) is 0 Å². The first-order valence-corrected chi connectivity index (χ1v) is 6.22. The Labute approximate surface area is 111 Å². The zero-order valence-corrected chi connectivity index (χ0v) is 10.5. The third-order valence-corrected chi connectivity index (χ3v) is 3.41. The van der Waals surface area contributed by atoms with Crippen LogP contribution in [0.1, 0.15) is 0 Å². The van der Waals surface area contributed by atoms with Crippen LogP contribution in [-0.4, -0.2) is 19.6 Å². The number of hydrogen-bond acceptors (Lipinski definition) is 4. The van der Waals surface area contributed by atoms with E-state index in [0.717, 1.165) is 11.8 Å². The SMILES string of the molecule is Fc1cc(Cl)cnc1Sc1nnc2ccccn12. The lowest BCUT2D eigenvalue weighted by Gasteiger charge is -2.00. The summed E-state index contributed by atoms with van der Waals surface area (Å²) < 4.78 is 15.4. The molecule has 0 amide bonds. The predicted octanol–water partition coefficient (Wildman–Crippen LogP) is 3.07. The summed E-state index contributed by atoms with van der Waals surface area (Å²) in [5.74, 6) is -0.472. The van der Waals surface area contributed by atoms with E-state index < -0.39 is 5.82 Å². The van der Waals surface area contributed by atoms with Crippen molar-refractivity contribution in [3.63, 3.8) is 0 Å². The van der Waals surface area contributed by atoms with Gasteiger partial charge in [0, 0.05) is 12.4 Å². The summed E-state index contributed by atoms with van der Waals surface area (Å²) >= 11 is 6.75. The van der Waals surface area contributed by atoms with E-state index in [2.05, 4.69) is 15.2 Å². The molecular formula is C11H6ClFN4S. The first kappa shape index (κ1) is 11.4. The predicted molar refractivity (Wildman–Crippen MR) is 66.3 cm³/mol. The molecule has 0 fully saturated rings. The van der Waals surface area contributed by atoms with Gasteiger partial charge in [-0.05, 0) is 30.0 Å². The molecule has 0 bridgehead atoms. The second-order valence-electron chi connectivity index (χ2n) is 3.45. The average Bonchev–Trinajstić information content (AvgIpc) is 2.76. The molecule has 18 heavy (non-hydrogen) atoms. The number of nitrogens with zero attached hydrogens (tertiary/aromatic N) is 4. The smallest absolute Gasteiger partial charge is 0.202 e. The van der Waals surface area contributed by atoms with Crippen molar-refractivity contribution in [1.82, 2.24) is 19.6 Å². The van der Waals surface area contributed by atoms with Gasteiger partial charge in [0.25, 0.3) is 0 Å². The van der Waals surface area contributed by atoms with Crippen molar-refractivity contribution in [1.29, 1.82) is 0 Å². The Balaban J connectivity index is 2.01. The van der Waals surface area contributed by atoms with E-state index >= 15 is 0 Å². The minimum atomic E-state index is -0.472. The number of pyridine rings is 2. The molecule has 7 heteroatoms. The molecule has 0 saturated heterocycles. The molecule has 0 saturated carbocycles. The van der Waals surface area contributed by atoms with Crippen molar-refractivity contribution >= 4 is 29.0 Å². The van der Waals surface area contributed by atoms with Crippen LogP contribution in [0, 0.1) is 5.82 Å². The van der Waals surface area contributed by atoms with E-state index in [1.807, 2.05) is 24.4 Å². The molecule has 90 valence electrons. The van der Waals surface area contributed by atoms with Gasteiger partial charge in [-0.2, -0.15) is 0 Å². The maximum atomic E-state index is 13.6. The van der Waals surface area contributed by atoms with Crippen molar-refractivity contribution in [2.75, 3.05) is 0 Å². The standard InChI is InChI=1S/C11H6ClFN4S/c12-7-5-8(13)10(14-6-7)18-11-16-15-9-3-1-2-4-17(9)11/h1-6H. The molecule has 0 atom stereocenters. The van der Waals surface area contributed by atoms with Gasteiger partial charge in [-0.1, -0.05) is 17.7 Å². The molecular weight excluding hydrogens is 275 g/mol. The van der Waals surface area contributed by atoms with Crippen LogP contribution in [0.3, 0.4) is 0 Å². The van der Waals surface area contributed by atoms with E-state index in [4.69, 9.17) is 11.6 Å². The van der Waals surface area contributed by atoms with Crippen LogP contribution in [0.15, 0.2) is 46.8 Å². The fourth-order valence-corrected chi connectivity index (χ4v) is 2.37. The van der Waals surface area contributed by atoms with Gasteiger partial charge in [0.15, 0.2) is 11.5 Å². The third kappa shape index (κ3) is 2.04. The highest BCUT2D eigenvalue weighted by Crippen LogP contribution is 2.27. The molecule has 0 aromatic carbocycles. The quantitative estimate of drug-likeness (QED) is 0.723. The fraction of sp³-hybridized carbons (Fsp3) is 0. The fourth-order valence-electron chi connectivity index (χ4n) is 1.45. The molecule has 3 aromatic heterocycles. The molecule has 0 N–H and O–H groups in total. The lowest BCUT2D eigenvalue weighted by molar-refractivity contribution is 0.587. The summed E-state index contributed by atoms with van der Waals surface area (Å²) in [6.45, 7) is 0. The Morgan fingerprint density at radius 3 is 3.00 bits per heavy atom. The van der Waals surface area contributed by atoms with Crippen LogP contribution in [-0.2, 0) is 0 Å². The molecule has 0 unspecified atom stereocenters. The molecule has 4 nitrogen and oxygen atoms in total. The number of rotatable bonds is 2. The van der Waals surface area contributed by atoms with E-state index in [9.17, 15) is 4.39 Å². The number of halogens is 2. The van der Waals surface area contributed by atoms with Gasteiger partial charge in [-0.3, -0.25) is 4.40 Å². The highest BCUT2D eigenvalue weighted by molar-refractivity contribution is 7.99. The van der Waals surface area contributed by atoms with E-state index in [-0.39, 0.29) is 10.0 Å². The Morgan fingerprint density at radius 2 is 2.17 bits per heavy atom. The van der Waals surface area contributed by atoms with Crippen molar-refractivity contribution in [2.24, 2.45) is 0 Å². The van der Waals surface area contributed by atoms with Gasteiger partial charge in [-0.15, -0.1) is 10.2 Å². The largest absolute Gasteiger partial charge is 0.277 e. The maximum Gasteiger partial charge on any atom is 0.202 e. The molecule has 0 spiro atoms. The van der Waals surface area contributed by atoms with E-state index in [1.165, 1.54) is 12.3 Å². The molecule has 0 radical (unpaired) electrons. The van der Waals surface area contributed by atoms with Crippen LogP contribution < -0.4 is 0 Å². The Bertz CT molecular complexity index is 715. The van der Waals surface area contributed by atoms with Gasteiger partial charge >= 0.3 is 0 Å². The first-order chi connectivity index (χ1) is 8.74. The molecule has 0 aliphatic rings. The van der Waals surface area contributed by atoms with Crippen molar-refractivity contribution < 1.29 is 4.39 Å². The summed E-state index contributed by atoms with van der Waals surface area (Å²) in [5.41, 5.74) is 0.703. The summed E-state index contributed by atoms with van der Waals surface area (Å²) in [4.78, 5) is 3.93. The first-order valence-electron chi connectivity index (χ1n) is 5.03. The highest BCUT2D eigenvalue weighted by atomic mass is 35.5. The van der Waals surface area contributed by atoms with Crippen LogP contribution in [0.5, 0.6) is 0 Å². The topological polar surface area (TPSA) is 43.1 Å². The van der Waals surface area contributed by atoms with Gasteiger partial charge in [0.1, 0.15) is 5.03 Å². The average molecular weight is 281 g/mol. The zero-order chi connectivity index (χ0) is 12.5. The third-order valence-electron chi connectivity index (χ3n) is 2.24. The second-order valence-corrected chi connectivity index (χ2v) is 4.85. The summed E-state index contributed by atoms with van der Waals surface area (Å²) in [6, 6.07) is 6.76. The Hall–Kier alpha value is -1.66. The number of hydrogen-bond donors (Lipinski definition) is 0. The maximum absolute atomic E-state index is 13.6. The number of aromatic nitrogens is 4. The van der Waals surface area contributed by atoms with Gasteiger partial charge in [0.05, 0.1) is 5.02 Å².